The first-order valence-electron chi connectivity index (χ1n) is 7.40. The van der Waals surface area contributed by atoms with Crippen LogP contribution >= 0.6 is 23.2 Å². The molecule has 2 aromatic carbocycles. The fourth-order valence-electron chi connectivity index (χ4n) is 2.64. The van der Waals surface area contributed by atoms with E-state index in [1.165, 1.54) is 4.68 Å². The Balaban J connectivity index is 1.89. The molecule has 0 spiro atoms. The summed E-state index contributed by atoms with van der Waals surface area (Å²) >= 11 is 12.3. The van der Waals surface area contributed by atoms with Gasteiger partial charge in [0.25, 0.3) is 5.56 Å². The third-order valence-corrected chi connectivity index (χ3v) is 4.43. The largest absolute Gasteiger partial charge is 0.454 e. The van der Waals surface area contributed by atoms with Gasteiger partial charge in [-0.15, -0.1) is 0 Å². The van der Waals surface area contributed by atoms with Crippen molar-refractivity contribution in [1.29, 1.82) is 0 Å². The molecule has 4 rings (SSSR count). The summed E-state index contributed by atoms with van der Waals surface area (Å²) in [6.45, 7) is 4.06. The molecule has 0 radical (unpaired) electrons. The normalized spacial score (nSPS) is 13.4. The molecular weight excluding hydrogens is 363 g/mol. The Morgan fingerprint density at radius 2 is 1.92 bits per heavy atom. The lowest BCUT2D eigenvalue weighted by Gasteiger charge is -2.01. The number of aromatic amines is 1. The van der Waals surface area contributed by atoms with Crippen molar-refractivity contribution >= 4 is 35.9 Å². The van der Waals surface area contributed by atoms with E-state index in [-0.39, 0.29) is 12.4 Å². The van der Waals surface area contributed by atoms with Gasteiger partial charge in [0, 0.05) is 11.1 Å². The maximum absolute atomic E-state index is 12.8. The molecule has 0 saturated heterocycles. The Kier molecular flexibility index (Phi) is 3.82. The van der Waals surface area contributed by atoms with E-state index in [2.05, 4.69) is 11.7 Å². The van der Waals surface area contributed by atoms with Crippen LogP contribution in [0.1, 0.15) is 5.56 Å². The SMILES string of the molecule is C=c1[nH]n(-c2cccc(Cl)c2)c(=O)/c1=C/c1cc2c(cc1Cl)OCO2. The summed E-state index contributed by atoms with van der Waals surface area (Å²) in [6.07, 6.45) is 1.67. The number of hydrogen-bond acceptors (Lipinski definition) is 3. The van der Waals surface area contributed by atoms with E-state index >= 15 is 0 Å². The fourth-order valence-corrected chi connectivity index (χ4v) is 3.03. The fraction of sp³-hybridized carbons (Fsp3) is 0.0556. The maximum atomic E-state index is 12.8. The van der Waals surface area contributed by atoms with Crippen LogP contribution in [0.4, 0.5) is 0 Å². The summed E-state index contributed by atoms with van der Waals surface area (Å²) in [5, 5.41) is 4.82. The maximum Gasteiger partial charge on any atom is 0.279 e. The summed E-state index contributed by atoms with van der Waals surface area (Å²) in [6, 6.07) is 10.4. The first-order chi connectivity index (χ1) is 12.0. The number of rotatable bonds is 2. The molecule has 2 heterocycles. The van der Waals surface area contributed by atoms with Gasteiger partial charge in [-0.2, -0.15) is 0 Å². The smallest absolute Gasteiger partial charge is 0.279 e. The molecule has 5 nitrogen and oxygen atoms in total. The highest BCUT2D eigenvalue weighted by atomic mass is 35.5. The van der Waals surface area contributed by atoms with Gasteiger partial charge in [0.05, 0.1) is 21.3 Å². The molecule has 1 aromatic heterocycles. The first kappa shape index (κ1) is 15.9. The number of fused-ring (bicyclic) bond motifs is 1. The first-order valence-corrected chi connectivity index (χ1v) is 8.15. The van der Waals surface area contributed by atoms with Gasteiger partial charge in [-0.05, 0) is 35.9 Å². The second kappa shape index (κ2) is 6.02. The van der Waals surface area contributed by atoms with Gasteiger partial charge < -0.3 is 9.47 Å². The molecule has 126 valence electrons. The number of H-pyrrole nitrogens is 1. The van der Waals surface area contributed by atoms with Gasteiger partial charge in [0.1, 0.15) is 0 Å². The van der Waals surface area contributed by atoms with Crippen LogP contribution < -0.4 is 25.6 Å². The zero-order valence-electron chi connectivity index (χ0n) is 12.9. The molecule has 1 aliphatic rings. The Bertz CT molecular complexity index is 1150. The van der Waals surface area contributed by atoms with Crippen molar-refractivity contribution in [3.63, 3.8) is 0 Å². The molecule has 0 unspecified atom stereocenters. The quantitative estimate of drug-likeness (QED) is 0.749. The van der Waals surface area contributed by atoms with Crippen LogP contribution in [0.2, 0.25) is 10.0 Å². The van der Waals surface area contributed by atoms with Crippen LogP contribution in [0.25, 0.3) is 18.3 Å². The lowest BCUT2D eigenvalue weighted by Crippen LogP contribution is -2.34. The molecule has 0 bridgehead atoms. The number of benzene rings is 2. The monoisotopic (exact) mass is 374 g/mol. The highest BCUT2D eigenvalue weighted by Crippen LogP contribution is 2.36. The third kappa shape index (κ3) is 2.81. The van der Waals surface area contributed by atoms with Gasteiger partial charge in [0.2, 0.25) is 6.79 Å². The molecule has 0 saturated carbocycles. The van der Waals surface area contributed by atoms with E-state index in [0.717, 1.165) is 0 Å². The van der Waals surface area contributed by atoms with Crippen molar-refractivity contribution in [2.75, 3.05) is 6.79 Å². The Morgan fingerprint density at radius 3 is 2.68 bits per heavy atom. The van der Waals surface area contributed by atoms with Crippen molar-refractivity contribution in [3.05, 3.63) is 72.9 Å². The lowest BCUT2D eigenvalue weighted by molar-refractivity contribution is 0.174. The zero-order valence-corrected chi connectivity index (χ0v) is 14.4. The van der Waals surface area contributed by atoms with Crippen molar-refractivity contribution in [2.24, 2.45) is 0 Å². The molecule has 7 heteroatoms. The molecule has 0 atom stereocenters. The number of nitrogens with one attached hydrogen (secondary N) is 1. The van der Waals surface area contributed by atoms with Crippen LogP contribution in [-0.2, 0) is 0 Å². The Labute approximate surface area is 152 Å². The van der Waals surface area contributed by atoms with E-state index in [1.54, 1.807) is 42.5 Å². The van der Waals surface area contributed by atoms with Crippen molar-refractivity contribution in [2.45, 2.75) is 0 Å². The number of nitrogens with zero attached hydrogens (tertiary/aromatic N) is 1. The molecule has 0 aliphatic carbocycles. The Morgan fingerprint density at radius 1 is 1.16 bits per heavy atom. The molecule has 1 N–H and O–H groups in total. The highest BCUT2D eigenvalue weighted by Gasteiger charge is 2.16. The van der Waals surface area contributed by atoms with Gasteiger partial charge in [-0.25, -0.2) is 4.68 Å². The van der Waals surface area contributed by atoms with Crippen LogP contribution in [0, 0.1) is 0 Å². The van der Waals surface area contributed by atoms with Gasteiger partial charge in [-0.1, -0.05) is 35.8 Å². The highest BCUT2D eigenvalue weighted by molar-refractivity contribution is 6.32. The predicted octanol–water partition coefficient (Wildman–Crippen LogP) is 2.44. The summed E-state index contributed by atoms with van der Waals surface area (Å²) in [5.74, 6) is 1.18. The van der Waals surface area contributed by atoms with Gasteiger partial charge >= 0.3 is 0 Å². The summed E-state index contributed by atoms with van der Waals surface area (Å²) in [5.41, 5.74) is 1.02. The van der Waals surface area contributed by atoms with E-state index in [9.17, 15) is 4.79 Å². The number of halogens is 2. The van der Waals surface area contributed by atoms with E-state index in [1.807, 2.05) is 0 Å². The standard InChI is InChI=1S/C18H12Cl2N2O3/c1-10-14(5-11-6-16-17(8-15(11)20)25-9-24-16)18(23)22(21-10)13-4-2-3-12(19)7-13/h2-8,21H,1,9H2/b14-5+. The van der Waals surface area contributed by atoms with E-state index in [0.29, 0.717) is 43.4 Å². The molecule has 1 aliphatic heterocycles. The Hall–Kier alpha value is -2.63. The average molecular weight is 375 g/mol. The minimum absolute atomic E-state index is 0.154. The van der Waals surface area contributed by atoms with Crippen LogP contribution in [0.3, 0.4) is 0 Å². The number of ether oxygens (including phenoxy) is 2. The van der Waals surface area contributed by atoms with Crippen molar-refractivity contribution < 1.29 is 9.47 Å². The topological polar surface area (TPSA) is 56.2 Å². The van der Waals surface area contributed by atoms with E-state index in [4.69, 9.17) is 32.7 Å². The van der Waals surface area contributed by atoms with Crippen molar-refractivity contribution in [1.82, 2.24) is 9.78 Å². The summed E-state index contributed by atoms with van der Waals surface area (Å²) in [7, 11) is 0. The number of hydrogen-bond donors (Lipinski definition) is 1. The van der Waals surface area contributed by atoms with E-state index < -0.39 is 0 Å². The second-order valence-electron chi connectivity index (χ2n) is 5.50. The van der Waals surface area contributed by atoms with Crippen LogP contribution in [-0.4, -0.2) is 16.6 Å². The third-order valence-electron chi connectivity index (χ3n) is 3.86. The second-order valence-corrected chi connectivity index (χ2v) is 6.34. The van der Waals surface area contributed by atoms with Crippen LogP contribution in [0.5, 0.6) is 11.5 Å². The lowest BCUT2D eigenvalue weighted by atomic mass is 10.1. The van der Waals surface area contributed by atoms with Gasteiger partial charge in [-0.3, -0.25) is 9.89 Å². The summed E-state index contributed by atoms with van der Waals surface area (Å²) in [4.78, 5) is 12.8. The molecule has 25 heavy (non-hydrogen) atoms. The average Bonchev–Trinajstić information content (AvgIpc) is 3.14. The minimum Gasteiger partial charge on any atom is -0.454 e. The predicted molar refractivity (Wildman–Crippen MR) is 97.3 cm³/mol. The molecule has 0 amide bonds. The van der Waals surface area contributed by atoms with Crippen LogP contribution in [0.15, 0.2) is 41.2 Å². The zero-order chi connectivity index (χ0) is 17.6. The minimum atomic E-state index is -0.249. The summed E-state index contributed by atoms with van der Waals surface area (Å²) < 4.78 is 12.0. The van der Waals surface area contributed by atoms with Crippen molar-refractivity contribution in [3.8, 4) is 17.2 Å². The molecule has 3 aromatic rings. The molecule has 0 fully saturated rings. The van der Waals surface area contributed by atoms with Gasteiger partial charge in [0.15, 0.2) is 11.5 Å². The molecular formula is C18H12Cl2N2O3. The number of aromatic nitrogens is 2.